The maximum atomic E-state index is 12.9. The van der Waals surface area contributed by atoms with Gasteiger partial charge in [0.15, 0.2) is 11.6 Å². The lowest BCUT2D eigenvalue weighted by Crippen LogP contribution is -2.30. The summed E-state index contributed by atoms with van der Waals surface area (Å²) in [5, 5.41) is 14.2. The first-order chi connectivity index (χ1) is 16.6. The van der Waals surface area contributed by atoms with Gasteiger partial charge in [0.1, 0.15) is 11.5 Å². The van der Waals surface area contributed by atoms with Gasteiger partial charge in [0.25, 0.3) is 0 Å². The molecule has 1 fully saturated rings. The Hall–Kier alpha value is -3.82. The smallest absolute Gasteiger partial charge is 0.228 e. The van der Waals surface area contributed by atoms with E-state index < -0.39 is 19.1 Å². The minimum Gasteiger partial charge on any atom is -0.361 e. The highest BCUT2D eigenvalue weighted by atomic mass is 16.2. The third kappa shape index (κ3) is 3.37. The number of anilines is 4. The van der Waals surface area contributed by atoms with Crippen molar-refractivity contribution in [3.63, 3.8) is 0 Å². The van der Waals surface area contributed by atoms with Crippen LogP contribution in [0, 0.1) is 5.92 Å². The van der Waals surface area contributed by atoms with Crippen molar-refractivity contribution in [3.8, 4) is 5.69 Å². The Morgan fingerprint density at radius 2 is 2.12 bits per heavy atom. The fraction of sp³-hybridized carbons (Fsp3) is 0.364. The minimum absolute atomic E-state index is 0.0279. The number of carbonyl (C=O) groups is 2. The van der Waals surface area contributed by atoms with Crippen molar-refractivity contribution in [3.05, 3.63) is 42.0 Å². The van der Waals surface area contributed by atoms with Gasteiger partial charge in [-0.05, 0) is 25.8 Å². The highest BCUT2D eigenvalue weighted by molar-refractivity contribution is 6.03. The number of nitrogens with zero attached hydrogens (tertiary/aromatic N) is 6. The molecule has 0 bridgehead atoms. The predicted octanol–water partition coefficient (Wildman–Crippen LogP) is 3.25. The Balaban J connectivity index is 1.55. The van der Waals surface area contributed by atoms with Crippen molar-refractivity contribution in [2.45, 2.75) is 39.1 Å². The molecule has 1 unspecified atom stereocenters. The second-order valence-corrected chi connectivity index (χ2v) is 7.99. The number of amides is 1. The number of carbonyl (C=O) groups excluding carboxylic acids is 2. The summed E-state index contributed by atoms with van der Waals surface area (Å²) < 4.78 is 24.2. The molecule has 2 aliphatic rings. The van der Waals surface area contributed by atoms with E-state index in [1.54, 1.807) is 17.1 Å². The summed E-state index contributed by atoms with van der Waals surface area (Å²) in [5.41, 5.74) is 2.79. The summed E-state index contributed by atoms with van der Waals surface area (Å²) in [4.78, 5) is 35.8. The zero-order valence-electron chi connectivity index (χ0n) is 20.7. The van der Waals surface area contributed by atoms with Crippen molar-refractivity contribution < 1.29 is 13.7 Å². The van der Waals surface area contributed by atoms with Gasteiger partial charge < -0.3 is 15.5 Å². The van der Waals surface area contributed by atoms with E-state index in [2.05, 4.69) is 30.9 Å². The molecule has 0 aromatic carbocycles. The minimum atomic E-state index is -2.43. The molecule has 4 heterocycles. The molecule has 5 rings (SSSR count). The van der Waals surface area contributed by atoms with Crippen LogP contribution in [-0.4, -0.2) is 43.7 Å². The second kappa shape index (κ2) is 7.70. The summed E-state index contributed by atoms with van der Waals surface area (Å²) >= 11 is 0. The van der Waals surface area contributed by atoms with E-state index in [1.807, 2.05) is 24.9 Å². The molecule has 3 aromatic rings. The quantitative estimate of drug-likeness (QED) is 0.567. The van der Waals surface area contributed by atoms with Crippen LogP contribution in [0.2, 0.25) is 0 Å². The zero-order chi connectivity index (χ0) is 24.9. The summed E-state index contributed by atoms with van der Waals surface area (Å²) in [7, 11) is 1.92. The lowest BCUT2D eigenvalue weighted by Gasteiger charge is -2.34. The number of nitrogens with one attached hydrogen (secondary N) is 2. The molecule has 0 radical (unpaired) electrons. The Morgan fingerprint density at radius 1 is 1.28 bits per heavy atom. The highest BCUT2D eigenvalue weighted by Gasteiger charge is 2.31. The van der Waals surface area contributed by atoms with E-state index in [0.717, 1.165) is 29.9 Å². The average Bonchev–Trinajstić information content (AvgIpc) is 3.53. The van der Waals surface area contributed by atoms with Crippen molar-refractivity contribution in [2.75, 3.05) is 22.6 Å². The fourth-order valence-electron chi connectivity index (χ4n) is 3.81. The molecule has 0 spiro atoms. The maximum Gasteiger partial charge on any atom is 0.228 e. The molecule has 10 nitrogen and oxygen atoms in total. The van der Waals surface area contributed by atoms with Gasteiger partial charge in [0.05, 0.1) is 34.9 Å². The standard InChI is InChI=1S/C22H24N8O2/c1-4-18(31)14-10-24-19(27-22(32)13-5-6-13)9-15(14)26-21-20-16(7-8-23-21)30-17(11-25-28-30)12(2)29(20)3/h7-13H,4-6H2,1-3H3,(H2,23,24,26,27,32)/i1D3. The number of Topliss-reactive ketones (excluding diaryl/α,β-unsaturated/α-hetero) is 1. The van der Waals surface area contributed by atoms with Gasteiger partial charge in [-0.2, -0.15) is 0 Å². The number of fused-ring (bicyclic) bond motifs is 3. The average molecular weight is 436 g/mol. The third-order valence-corrected chi connectivity index (χ3v) is 5.89. The Bertz CT molecular complexity index is 1320. The predicted molar refractivity (Wildman–Crippen MR) is 119 cm³/mol. The van der Waals surface area contributed by atoms with Crippen LogP contribution in [0.4, 0.5) is 23.0 Å². The van der Waals surface area contributed by atoms with Crippen molar-refractivity contribution >= 4 is 34.7 Å². The van der Waals surface area contributed by atoms with Crippen LogP contribution in [-0.2, 0) is 4.79 Å². The summed E-state index contributed by atoms with van der Waals surface area (Å²) in [6.07, 6.45) is 5.63. The molecule has 2 N–H and O–H groups in total. The normalized spacial score (nSPS) is 18.6. The monoisotopic (exact) mass is 435 g/mol. The van der Waals surface area contributed by atoms with Crippen molar-refractivity contribution in [2.24, 2.45) is 5.92 Å². The van der Waals surface area contributed by atoms with Gasteiger partial charge in [-0.15, -0.1) is 5.10 Å². The van der Waals surface area contributed by atoms with Crippen molar-refractivity contribution in [1.82, 2.24) is 25.0 Å². The molecule has 164 valence electrons. The third-order valence-electron chi connectivity index (χ3n) is 5.89. The zero-order valence-corrected chi connectivity index (χ0v) is 17.7. The molecule has 3 aromatic heterocycles. The van der Waals surface area contributed by atoms with Gasteiger partial charge >= 0.3 is 0 Å². The summed E-state index contributed by atoms with van der Waals surface area (Å²) in [5.74, 6) is -0.0518. The van der Waals surface area contributed by atoms with Crippen LogP contribution in [0.15, 0.2) is 30.7 Å². The van der Waals surface area contributed by atoms with Crippen LogP contribution in [0.5, 0.6) is 0 Å². The van der Waals surface area contributed by atoms with E-state index >= 15 is 0 Å². The summed E-state index contributed by atoms with van der Waals surface area (Å²) in [6, 6.07) is 3.29. The Labute approximate surface area is 189 Å². The van der Waals surface area contributed by atoms with Crippen molar-refractivity contribution in [1.29, 1.82) is 0 Å². The molecule has 1 amide bonds. The second-order valence-electron chi connectivity index (χ2n) is 7.99. The first kappa shape index (κ1) is 16.8. The van der Waals surface area contributed by atoms with Gasteiger partial charge in [0, 0.05) is 42.0 Å². The van der Waals surface area contributed by atoms with E-state index in [1.165, 1.54) is 12.3 Å². The first-order valence-electron chi connectivity index (χ1n) is 11.9. The van der Waals surface area contributed by atoms with E-state index in [4.69, 9.17) is 4.11 Å². The molecule has 1 saturated carbocycles. The molecule has 1 aliphatic carbocycles. The Morgan fingerprint density at radius 3 is 2.91 bits per heavy atom. The molecule has 32 heavy (non-hydrogen) atoms. The lowest BCUT2D eigenvalue weighted by molar-refractivity contribution is -0.117. The molecular weight excluding hydrogens is 408 g/mol. The van der Waals surface area contributed by atoms with Crippen LogP contribution in [0.3, 0.4) is 0 Å². The highest BCUT2D eigenvalue weighted by Crippen LogP contribution is 2.41. The molecular formula is C22H24N8O2. The Kier molecular flexibility index (Phi) is 4.05. The first-order valence-corrected chi connectivity index (χ1v) is 10.4. The number of hydrogen-bond acceptors (Lipinski definition) is 8. The van der Waals surface area contributed by atoms with Gasteiger partial charge in [-0.25, -0.2) is 14.6 Å². The van der Waals surface area contributed by atoms with Crippen LogP contribution in [0.1, 0.15) is 59.2 Å². The number of rotatable bonds is 6. The maximum absolute atomic E-state index is 12.9. The van der Waals surface area contributed by atoms with Gasteiger partial charge in [0.2, 0.25) is 5.91 Å². The lowest BCUT2D eigenvalue weighted by atomic mass is 10.1. The SMILES string of the molecule is [2H]C([2H])([2H])CC(=O)c1cnc(NC(=O)C2CC2)cc1Nc1nccc2c1N(C)C(C)c1cnnn1-2. The molecule has 10 heteroatoms. The van der Waals surface area contributed by atoms with E-state index in [0.29, 0.717) is 11.5 Å². The van der Waals surface area contributed by atoms with Crippen LogP contribution in [0.25, 0.3) is 5.69 Å². The molecule has 1 atom stereocenters. The number of pyridine rings is 2. The number of aromatic nitrogens is 5. The molecule has 0 saturated heterocycles. The van der Waals surface area contributed by atoms with E-state index in [-0.39, 0.29) is 29.2 Å². The largest absolute Gasteiger partial charge is 0.361 e. The topological polar surface area (TPSA) is 118 Å². The molecule has 1 aliphatic heterocycles. The van der Waals surface area contributed by atoms with Crippen LogP contribution < -0.4 is 15.5 Å². The number of hydrogen-bond donors (Lipinski definition) is 2. The van der Waals surface area contributed by atoms with Gasteiger partial charge in [-0.3, -0.25) is 9.59 Å². The summed E-state index contributed by atoms with van der Waals surface area (Å²) in [6.45, 7) is -0.422. The van der Waals surface area contributed by atoms with Gasteiger partial charge in [-0.1, -0.05) is 12.1 Å². The van der Waals surface area contributed by atoms with Crippen LogP contribution >= 0.6 is 0 Å². The number of ketones is 1. The fourth-order valence-corrected chi connectivity index (χ4v) is 3.81. The van der Waals surface area contributed by atoms with E-state index in [9.17, 15) is 9.59 Å².